The number of nitriles is 1. The van der Waals surface area contributed by atoms with E-state index in [1.54, 1.807) is 0 Å². The summed E-state index contributed by atoms with van der Waals surface area (Å²) in [6.45, 7) is 1.66. The van der Waals surface area contributed by atoms with Crippen LogP contribution in [0.5, 0.6) is 0 Å². The summed E-state index contributed by atoms with van der Waals surface area (Å²) in [6, 6.07) is 13.4. The summed E-state index contributed by atoms with van der Waals surface area (Å²) in [5.41, 5.74) is 1.48. The van der Waals surface area contributed by atoms with Crippen molar-refractivity contribution in [1.29, 1.82) is 5.26 Å². The second kappa shape index (κ2) is 7.19. The van der Waals surface area contributed by atoms with Crippen LogP contribution in [0.1, 0.15) is 63.4 Å². The Morgan fingerprint density at radius 2 is 1.75 bits per heavy atom. The van der Waals surface area contributed by atoms with Crippen LogP contribution in [0.2, 0.25) is 0 Å². The molecule has 4 nitrogen and oxygen atoms in total. The number of nitrogens with zero attached hydrogens (tertiary/aromatic N) is 3. The van der Waals surface area contributed by atoms with Crippen LogP contribution < -0.4 is 0 Å². The summed E-state index contributed by atoms with van der Waals surface area (Å²) >= 11 is 0. The zero-order valence-corrected chi connectivity index (χ0v) is 17.4. The van der Waals surface area contributed by atoms with Crippen LogP contribution in [0.3, 0.4) is 0 Å². The minimum atomic E-state index is -0.143. The molecular weight excluding hydrogens is 346 g/mol. The molecule has 3 fully saturated rings. The quantitative estimate of drug-likeness (QED) is 0.765. The summed E-state index contributed by atoms with van der Waals surface area (Å²) in [5, 5.41) is 9.48. The maximum absolute atomic E-state index is 12.8. The van der Waals surface area contributed by atoms with Gasteiger partial charge in [-0.3, -0.25) is 9.69 Å². The minimum absolute atomic E-state index is 0.0831. The highest BCUT2D eigenvalue weighted by Crippen LogP contribution is 2.52. The number of likely N-dealkylation sites (tertiary alicyclic amines) is 1. The fourth-order valence-corrected chi connectivity index (χ4v) is 5.83. The lowest BCUT2D eigenvalue weighted by atomic mass is 9.64. The molecule has 4 rings (SSSR count). The molecule has 0 aromatic heterocycles. The normalized spacial score (nSPS) is 31.8. The zero-order valence-electron chi connectivity index (χ0n) is 17.4. The molecule has 1 aromatic rings. The standard InChI is InChI=1S/C24H33N3O/c1-26(2)24(20-7-4-3-5-8-20)13-11-23(12-14-24)17-21(28)27(19-23)16-15-22(18-25)9-6-10-22/h3-5,7-8H,6,9-17,19H2,1-2H3. The molecule has 0 atom stereocenters. The van der Waals surface area contributed by atoms with Crippen molar-refractivity contribution in [2.75, 3.05) is 27.2 Å². The Morgan fingerprint density at radius 3 is 2.29 bits per heavy atom. The largest absolute Gasteiger partial charge is 0.342 e. The number of benzene rings is 1. The van der Waals surface area contributed by atoms with Gasteiger partial charge >= 0.3 is 0 Å². The van der Waals surface area contributed by atoms with Crippen molar-refractivity contribution in [3.8, 4) is 6.07 Å². The van der Waals surface area contributed by atoms with Crippen molar-refractivity contribution < 1.29 is 4.79 Å². The van der Waals surface area contributed by atoms with E-state index in [-0.39, 0.29) is 16.4 Å². The minimum Gasteiger partial charge on any atom is -0.342 e. The fourth-order valence-electron chi connectivity index (χ4n) is 5.83. The monoisotopic (exact) mass is 379 g/mol. The Balaban J connectivity index is 1.42. The van der Waals surface area contributed by atoms with Crippen molar-refractivity contribution in [2.24, 2.45) is 10.8 Å². The Hall–Kier alpha value is -1.86. The molecule has 2 saturated carbocycles. The van der Waals surface area contributed by atoms with Crippen LogP contribution in [0.4, 0.5) is 0 Å². The number of carbonyl (C=O) groups is 1. The maximum Gasteiger partial charge on any atom is 0.223 e. The molecule has 0 N–H and O–H groups in total. The van der Waals surface area contributed by atoms with E-state index in [1.807, 2.05) is 0 Å². The molecule has 1 spiro atoms. The first kappa shape index (κ1) is 19.5. The van der Waals surface area contributed by atoms with Gasteiger partial charge in [0, 0.05) is 25.0 Å². The molecular formula is C24H33N3O. The van der Waals surface area contributed by atoms with Crippen LogP contribution in [0.15, 0.2) is 30.3 Å². The van der Waals surface area contributed by atoms with Crippen molar-refractivity contribution in [3.63, 3.8) is 0 Å². The molecule has 0 unspecified atom stereocenters. The predicted molar refractivity (Wildman–Crippen MR) is 110 cm³/mol. The van der Waals surface area contributed by atoms with E-state index in [1.165, 1.54) is 5.56 Å². The molecule has 1 aliphatic heterocycles. The highest BCUT2D eigenvalue weighted by atomic mass is 16.2. The summed E-state index contributed by atoms with van der Waals surface area (Å²) in [4.78, 5) is 17.2. The van der Waals surface area contributed by atoms with Crippen LogP contribution >= 0.6 is 0 Å². The van der Waals surface area contributed by atoms with Crippen molar-refractivity contribution >= 4 is 5.91 Å². The van der Waals surface area contributed by atoms with Gasteiger partial charge in [-0.05, 0) is 70.0 Å². The Kier molecular flexibility index (Phi) is 5.00. The lowest BCUT2D eigenvalue weighted by Crippen LogP contribution is -2.47. The molecule has 28 heavy (non-hydrogen) atoms. The Labute approximate surface area is 169 Å². The fraction of sp³-hybridized carbons (Fsp3) is 0.667. The number of carbonyl (C=O) groups excluding carboxylic acids is 1. The van der Waals surface area contributed by atoms with E-state index in [9.17, 15) is 10.1 Å². The van der Waals surface area contributed by atoms with Gasteiger partial charge in [-0.25, -0.2) is 0 Å². The third kappa shape index (κ3) is 3.24. The number of hydrogen-bond donors (Lipinski definition) is 0. The summed E-state index contributed by atoms with van der Waals surface area (Å²) in [6.07, 6.45) is 9.16. The highest BCUT2D eigenvalue weighted by molar-refractivity contribution is 5.79. The first-order chi connectivity index (χ1) is 13.4. The summed E-state index contributed by atoms with van der Waals surface area (Å²) < 4.78 is 0. The number of hydrogen-bond acceptors (Lipinski definition) is 3. The lowest BCUT2D eigenvalue weighted by Gasteiger charge is -2.49. The third-order valence-electron chi connectivity index (χ3n) is 8.12. The van der Waals surface area contributed by atoms with Crippen LogP contribution in [0.25, 0.3) is 0 Å². The molecule has 1 saturated heterocycles. The molecule has 4 heteroatoms. The average molecular weight is 380 g/mol. The van der Waals surface area contributed by atoms with Gasteiger partial charge in [0.15, 0.2) is 0 Å². The zero-order chi connectivity index (χ0) is 19.8. The molecule has 1 heterocycles. The van der Waals surface area contributed by atoms with Crippen LogP contribution in [-0.2, 0) is 10.3 Å². The molecule has 3 aliphatic rings. The van der Waals surface area contributed by atoms with Gasteiger partial charge in [-0.1, -0.05) is 36.8 Å². The topological polar surface area (TPSA) is 47.3 Å². The van der Waals surface area contributed by atoms with Crippen LogP contribution in [-0.4, -0.2) is 42.9 Å². The van der Waals surface area contributed by atoms with Crippen molar-refractivity contribution in [1.82, 2.24) is 9.80 Å². The van der Waals surface area contributed by atoms with Crippen LogP contribution in [0, 0.1) is 22.2 Å². The van der Waals surface area contributed by atoms with Gasteiger partial charge in [-0.15, -0.1) is 0 Å². The second-order valence-electron chi connectivity index (χ2n) is 9.78. The van der Waals surface area contributed by atoms with E-state index < -0.39 is 0 Å². The van der Waals surface area contributed by atoms with E-state index in [4.69, 9.17) is 0 Å². The van der Waals surface area contributed by atoms with Gasteiger partial charge in [0.1, 0.15) is 0 Å². The maximum atomic E-state index is 12.8. The van der Waals surface area contributed by atoms with Gasteiger partial charge < -0.3 is 4.90 Å². The molecule has 0 bridgehead atoms. The Bertz CT molecular complexity index is 752. The predicted octanol–water partition coefficient (Wildman–Crippen LogP) is 4.32. The van der Waals surface area contributed by atoms with E-state index in [0.717, 1.165) is 64.5 Å². The van der Waals surface area contributed by atoms with Gasteiger partial charge in [0.05, 0.1) is 11.5 Å². The van der Waals surface area contributed by atoms with Gasteiger partial charge in [-0.2, -0.15) is 5.26 Å². The van der Waals surface area contributed by atoms with Crippen molar-refractivity contribution in [2.45, 2.75) is 63.3 Å². The molecule has 2 aliphatic carbocycles. The van der Waals surface area contributed by atoms with Gasteiger partial charge in [0.2, 0.25) is 5.91 Å². The summed E-state index contributed by atoms with van der Waals surface area (Å²) in [5.74, 6) is 0.310. The molecule has 150 valence electrons. The highest BCUT2D eigenvalue weighted by Gasteiger charge is 2.50. The molecule has 0 radical (unpaired) electrons. The first-order valence-corrected chi connectivity index (χ1v) is 10.8. The average Bonchev–Trinajstić information content (AvgIpc) is 2.98. The number of rotatable bonds is 5. The number of amides is 1. The smallest absolute Gasteiger partial charge is 0.223 e. The van der Waals surface area contributed by atoms with E-state index in [0.29, 0.717) is 12.3 Å². The Morgan fingerprint density at radius 1 is 1.07 bits per heavy atom. The molecule has 1 amide bonds. The SMILES string of the molecule is CN(C)C1(c2ccccc2)CCC2(CC1)CC(=O)N(CCC1(C#N)CCC1)C2. The van der Waals surface area contributed by atoms with Gasteiger partial charge in [0.25, 0.3) is 0 Å². The summed E-state index contributed by atoms with van der Waals surface area (Å²) in [7, 11) is 4.38. The van der Waals surface area contributed by atoms with Crippen molar-refractivity contribution in [3.05, 3.63) is 35.9 Å². The van der Waals surface area contributed by atoms with E-state index in [2.05, 4.69) is 60.3 Å². The second-order valence-corrected chi connectivity index (χ2v) is 9.78. The lowest BCUT2D eigenvalue weighted by molar-refractivity contribution is -0.128. The van der Waals surface area contributed by atoms with E-state index >= 15 is 0 Å². The third-order valence-corrected chi connectivity index (χ3v) is 8.12. The molecule has 1 aromatic carbocycles. The first-order valence-electron chi connectivity index (χ1n) is 10.8.